The van der Waals surface area contributed by atoms with E-state index in [2.05, 4.69) is 42.7 Å². The van der Waals surface area contributed by atoms with Crippen molar-refractivity contribution in [1.29, 1.82) is 0 Å². The lowest BCUT2D eigenvalue weighted by molar-refractivity contribution is -0.144. The van der Waals surface area contributed by atoms with Gasteiger partial charge in [0.1, 0.15) is 11.6 Å². The summed E-state index contributed by atoms with van der Waals surface area (Å²) in [6.07, 6.45) is 14.3. The number of H-pyrrole nitrogens is 4. The number of aliphatic carboxylic acids is 1. The molecule has 0 spiro atoms. The molecule has 4 aromatic heterocycles. The van der Waals surface area contributed by atoms with Gasteiger partial charge < -0.3 is 58.6 Å². The first-order valence-corrected chi connectivity index (χ1v) is 28.2. The molecule has 0 saturated heterocycles. The first kappa shape index (κ1) is 66.5. The Morgan fingerprint density at radius 1 is 0.488 bits per heavy atom. The number of carbonyl (C=O) groups is 7. The Labute approximate surface area is 491 Å². The second-order valence-corrected chi connectivity index (χ2v) is 23.8. The molecule has 18 heteroatoms. The monoisotopic (exact) mass is 1150 g/mol. The van der Waals surface area contributed by atoms with E-state index >= 15 is 0 Å². The molecule has 0 bridgehead atoms. The molecular formula is C66H86N10O8. The van der Waals surface area contributed by atoms with Crippen molar-refractivity contribution in [2.24, 2.45) is 33.8 Å². The van der Waals surface area contributed by atoms with E-state index in [1.165, 1.54) is 31.7 Å². The number of nitrogens with two attached hydrogens (primary N) is 4. The highest BCUT2D eigenvalue weighted by Gasteiger charge is 2.33. The first-order valence-electron chi connectivity index (χ1n) is 28.2. The van der Waals surface area contributed by atoms with Crippen LogP contribution in [0, 0.1) is 10.8 Å². The molecule has 0 fully saturated rings. The summed E-state index contributed by atoms with van der Waals surface area (Å²) >= 11 is 0. The molecule has 8 aromatic rings. The van der Waals surface area contributed by atoms with Gasteiger partial charge in [0.25, 0.3) is 0 Å². The van der Waals surface area contributed by atoms with Crippen molar-refractivity contribution < 1.29 is 38.7 Å². The predicted octanol–water partition coefficient (Wildman–Crippen LogP) is 8.75. The fraction of sp³-hybridized carbons (Fsp3) is 0.379. The number of ketones is 4. The summed E-state index contributed by atoms with van der Waals surface area (Å²) in [6, 6.07) is 30.2. The van der Waals surface area contributed by atoms with Crippen LogP contribution in [0.2, 0.25) is 0 Å². The minimum Gasteiger partial charge on any atom is -0.481 e. The number of carboxylic acid groups (broad SMARTS) is 1. The van der Waals surface area contributed by atoms with Crippen molar-refractivity contribution in [2.75, 3.05) is 0 Å². The van der Waals surface area contributed by atoms with Gasteiger partial charge in [-0.15, -0.1) is 0 Å². The summed E-state index contributed by atoms with van der Waals surface area (Å²) < 4.78 is 0. The Hall–Kier alpha value is -8.29. The van der Waals surface area contributed by atoms with Gasteiger partial charge in [0, 0.05) is 86.9 Å². The summed E-state index contributed by atoms with van der Waals surface area (Å²) in [7, 11) is 0. The van der Waals surface area contributed by atoms with Crippen LogP contribution < -0.4 is 33.6 Å². The molecule has 15 N–H and O–H groups in total. The van der Waals surface area contributed by atoms with Gasteiger partial charge in [-0.1, -0.05) is 84.9 Å². The number of hydrogen-bond acceptors (Lipinski definition) is 11. The van der Waals surface area contributed by atoms with E-state index in [4.69, 9.17) is 28.0 Å². The van der Waals surface area contributed by atoms with Gasteiger partial charge >= 0.3 is 5.97 Å². The van der Waals surface area contributed by atoms with Crippen LogP contribution in [0.1, 0.15) is 111 Å². The largest absolute Gasteiger partial charge is 0.481 e. The van der Waals surface area contributed by atoms with E-state index in [0.717, 1.165) is 61.3 Å². The van der Waals surface area contributed by atoms with Crippen molar-refractivity contribution in [3.8, 4) is 0 Å². The van der Waals surface area contributed by atoms with Crippen molar-refractivity contribution in [3.63, 3.8) is 0 Å². The number of nitrogens with one attached hydrogen (secondary N) is 6. The number of fused-ring (bicyclic) bond motifs is 4. The van der Waals surface area contributed by atoms with E-state index in [1.54, 1.807) is 67.5 Å². The standard InChI is InChI=1S/C18H24N2O2.2C16H21N3O2.C16H20N2O2/c1-12(21)18(2,3)17(22)9-8-14(19)10-13-11-20-16-7-5-4-6-15(13)16;2*1-10(20)16(2,3)19-15(21)13(17)8-11-9-18-14-7-5-4-6-12(11)14;1-16(2,15(19)20)8-7-12(17)9-11-10-18-14-6-4-3-5-13(11)14/h4-7,11,14,20H,8-10,19H2,1-3H3;2*4-7,9,13,18H,8,17H2,1-3H3,(H,19,21);3-8,10,12,18H,9,17H2,1-2H3,(H,19,20)/b;;;8-7+/t14-;;;12-/m0..0/s1. The minimum absolute atomic E-state index is 0.0330. The molecule has 4 atom stereocenters. The maximum Gasteiger partial charge on any atom is 0.312 e. The summed E-state index contributed by atoms with van der Waals surface area (Å²) in [5, 5.41) is 18.9. The highest BCUT2D eigenvalue weighted by molar-refractivity contribution is 6.05. The maximum absolute atomic E-state index is 12.1. The third kappa shape index (κ3) is 18.1. The molecular weight excluding hydrogens is 1060 g/mol. The smallest absolute Gasteiger partial charge is 0.312 e. The molecule has 0 saturated carbocycles. The Bertz CT molecular complexity index is 3490. The summed E-state index contributed by atoms with van der Waals surface area (Å²) in [6.45, 7) is 17.7. The second-order valence-electron chi connectivity index (χ2n) is 23.8. The highest BCUT2D eigenvalue weighted by atomic mass is 16.4. The molecule has 18 nitrogen and oxygen atoms in total. The molecule has 4 aromatic carbocycles. The van der Waals surface area contributed by atoms with Gasteiger partial charge in [0.2, 0.25) is 11.8 Å². The quantitative estimate of drug-likeness (QED) is 0.0224. The molecule has 448 valence electrons. The lowest BCUT2D eigenvalue weighted by Gasteiger charge is -2.25. The number of carbonyl (C=O) groups excluding carboxylic acids is 6. The number of carboxylic acids is 1. The van der Waals surface area contributed by atoms with Crippen molar-refractivity contribution in [1.82, 2.24) is 30.6 Å². The Kier molecular flexibility index (Phi) is 22.8. The van der Waals surface area contributed by atoms with Gasteiger partial charge in [-0.25, -0.2) is 0 Å². The molecule has 4 heterocycles. The molecule has 0 aliphatic rings. The van der Waals surface area contributed by atoms with Crippen molar-refractivity contribution >= 4 is 84.5 Å². The van der Waals surface area contributed by atoms with Crippen LogP contribution in [0.5, 0.6) is 0 Å². The predicted molar refractivity (Wildman–Crippen MR) is 335 cm³/mol. The maximum atomic E-state index is 12.1. The summed E-state index contributed by atoms with van der Waals surface area (Å²) in [4.78, 5) is 94.6. The number of rotatable bonds is 22. The molecule has 2 unspecified atom stereocenters. The molecule has 0 radical (unpaired) electrons. The fourth-order valence-corrected chi connectivity index (χ4v) is 8.81. The zero-order valence-electron chi connectivity index (χ0n) is 50.4. The van der Waals surface area contributed by atoms with E-state index in [0.29, 0.717) is 32.1 Å². The summed E-state index contributed by atoms with van der Waals surface area (Å²) in [5.41, 5.74) is 29.1. The van der Waals surface area contributed by atoms with Crippen LogP contribution in [-0.2, 0) is 59.2 Å². The molecule has 84 heavy (non-hydrogen) atoms. The third-order valence-corrected chi connectivity index (χ3v) is 15.5. The van der Waals surface area contributed by atoms with Gasteiger partial charge in [0.15, 0.2) is 11.6 Å². The Balaban J connectivity index is 0.000000205. The number of hydrogen-bond donors (Lipinski definition) is 11. The number of Topliss-reactive ketones (excluding diaryl/α,β-unsaturated/α-hetero) is 4. The molecule has 2 amide bonds. The van der Waals surface area contributed by atoms with Crippen molar-refractivity contribution in [3.05, 3.63) is 156 Å². The number of amides is 2. The van der Waals surface area contributed by atoms with Crippen LogP contribution in [0.25, 0.3) is 43.6 Å². The van der Waals surface area contributed by atoms with E-state index in [-0.39, 0.29) is 47.0 Å². The lowest BCUT2D eigenvalue weighted by Crippen LogP contribution is -2.54. The lowest BCUT2D eigenvalue weighted by atomic mass is 9.81. The van der Waals surface area contributed by atoms with Crippen LogP contribution in [0.15, 0.2) is 134 Å². The Morgan fingerprint density at radius 2 is 0.810 bits per heavy atom. The third-order valence-electron chi connectivity index (χ3n) is 15.5. The molecule has 8 rings (SSSR count). The SMILES string of the molecule is CC(=O)C(C)(C)C(=O)CC[C@H](N)Cc1c[nH]c2ccccc12.CC(=O)C(C)(C)NC(=O)C(N)Cc1c[nH]c2ccccc12.CC(=O)C(C)(C)NC(=O)C(N)Cc1c[nH]c2ccccc12.CC(C)(/C=C/[C@H](N)Cc1c[nH]c2ccccc12)C(=O)O. The van der Waals surface area contributed by atoms with Crippen LogP contribution >= 0.6 is 0 Å². The normalized spacial score (nSPS) is 13.4. The zero-order chi connectivity index (χ0) is 62.3. The highest BCUT2D eigenvalue weighted by Crippen LogP contribution is 2.25. The average Bonchev–Trinajstić information content (AvgIpc) is 4.12. The molecule has 0 aliphatic carbocycles. The van der Waals surface area contributed by atoms with E-state index in [1.807, 2.05) is 110 Å². The van der Waals surface area contributed by atoms with Crippen molar-refractivity contribution in [2.45, 2.75) is 150 Å². The van der Waals surface area contributed by atoms with Crippen LogP contribution in [-0.4, -0.2) is 101 Å². The zero-order valence-corrected chi connectivity index (χ0v) is 50.4. The van der Waals surface area contributed by atoms with Gasteiger partial charge in [-0.05, 0) is 155 Å². The average molecular weight is 1150 g/mol. The van der Waals surface area contributed by atoms with E-state index in [9.17, 15) is 33.6 Å². The number of aromatic nitrogens is 4. The Morgan fingerprint density at radius 3 is 1.13 bits per heavy atom. The van der Waals surface area contributed by atoms with Gasteiger partial charge in [-0.2, -0.15) is 0 Å². The summed E-state index contributed by atoms with van der Waals surface area (Å²) in [5.74, 6) is -1.82. The fourth-order valence-electron chi connectivity index (χ4n) is 8.81. The van der Waals surface area contributed by atoms with Crippen LogP contribution in [0.4, 0.5) is 0 Å². The van der Waals surface area contributed by atoms with Gasteiger partial charge in [0.05, 0.1) is 34.0 Å². The molecule has 0 aliphatic heterocycles. The number of benzene rings is 4. The second kappa shape index (κ2) is 28.8. The minimum atomic E-state index is -0.902. The van der Waals surface area contributed by atoms with Crippen LogP contribution in [0.3, 0.4) is 0 Å². The topological polar surface area (TPSA) is 331 Å². The van der Waals surface area contributed by atoms with Gasteiger partial charge in [-0.3, -0.25) is 33.6 Å². The number of aromatic amines is 4. The number of para-hydroxylation sites is 4. The van der Waals surface area contributed by atoms with E-state index < -0.39 is 40.0 Å². The first-order chi connectivity index (χ1) is 39.3.